The Morgan fingerprint density at radius 3 is 2.50 bits per heavy atom. The third-order valence-electron chi connectivity index (χ3n) is 7.62. The van der Waals surface area contributed by atoms with Gasteiger partial charge in [0.05, 0.1) is 29.2 Å². The molecule has 7 nitrogen and oxygen atoms in total. The van der Waals surface area contributed by atoms with Crippen LogP contribution < -0.4 is 0 Å². The highest BCUT2D eigenvalue weighted by Crippen LogP contribution is 2.61. The van der Waals surface area contributed by atoms with E-state index in [9.17, 15) is 19.5 Å². The molecule has 4 aliphatic rings. The summed E-state index contributed by atoms with van der Waals surface area (Å²) in [6.07, 6.45) is 9.10. The van der Waals surface area contributed by atoms with Crippen molar-refractivity contribution in [1.29, 1.82) is 0 Å². The van der Waals surface area contributed by atoms with Gasteiger partial charge in [-0.3, -0.25) is 14.4 Å². The summed E-state index contributed by atoms with van der Waals surface area (Å²) >= 11 is 1.54. The molecule has 1 spiro atoms. The van der Waals surface area contributed by atoms with Crippen molar-refractivity contribution in [2.24, 2.45) is 17.3 Å². The zero-order chi connectivity index (χ0) is 25.1. The average Bonchev–Trinajstić information content (AvgIpc) is 3.02. The first-order valence-corrected chi connectivity index (χ1v) is 13.2. The van der Waals surface area contributed by atoms with E-state index in [0.717, 1.165) is 6.42 Å². The molecule has 2 saturated heterocycles. The summed E-state index contributed by atoms with van der Waals surface area (Å²) in [7, 11) is 0. The van der Waals surface area contributed by atoms with Crippen LogP contribution >= 0.6 is 11.8 Å². The summed E-state index contributed by atoms with van der Waals surface area (Å²) < 4.78 is 4.53. The second kappa shape index (κ2) is 8.70. The maximum Gasteiger partial charge on any atom is 0.311 e. The first-order valence-electron chi connectivity index (χ1n) is 12.3. The maximum atomic E-state index is 14.4. The molecule has 1 N–H and O–H groups in total. The van der Waals surface area contributed by atoms with E-state index in [1.165, 1.54) is 11.8 Å². The van der Waals surface area contributed by atoms with Crippen molar-refractivity contribution in [3.8, 4) is 0 Å². The van der Waals surface area contributed by atoms with Gasteiger partial charge in [-0.1, -0.05) is 52.0 Å². The lowest BCUT2D eigenvalue weighted by atomic mass is 9.78. The molecule has 4 aliphatic heterocycles. The lowest BCUT2D eigenvalue weighted by Gasteiger charge is -2.45. The van der Waals surface area contributed by atoms with E-state index in [2.05, 4.69) is 34.6 Å². The number of aliphatic hydroxyl groups is 1. The van der Waals surface area contributed by atoms with Crippen molar-refractivity contribution in [2.45, 2.75) is 82.0 Å². The molecule has 8 heteroatoms. The van der Waals surface area contributed by atoms with E-state index < -0.39 is 34.2 Å². The van der Waals surface area contributed by atoms with Gasteiger partial charge in [0, 0.05) is 17.3 Å². The largest absolute Gasteiger partial charge is 0.461 e. The highest BCUT2D eigenvalue weighted by atomic mass is 32.2. The number of hydrogen-bond acceptors (Lipinski definition) is 6. The molecule has 0 aromatic heterocycles. The number of carbonyl (C=O) groups excluding carboxylic acids is 3. The summed E-state index contributed by atoms with van der Waals surface area (Å²) in [4.78, 5) is 44.9. The third kappa shape index (κ3) is 3.91. The number of rotatable bonds is 5. The number of cyclic esters (lactones) is 1. The summed E-state index contributed by atoms with van der Waals surface area (Å²) in [5, 5.41) is 9.95. The minimum Gasteiger partial charge on any atom is -0.461 e. The zero-order valence-corrected chi connectivity index (χ0v) is 21.9. The van der Waals surface area contributed by atoms with E-state index >= 15 is 0 Å². The molecule has 0 aromatic rings. The number of aliphatic hydroxyl groups excluding tert-OH is 1. The molecule has 0 aliphatic carbocycles. The van der Waals surface area contributed by atoms with Crippen molar-refractivity contribution >= 4 is 29.5 Å². The molecule has 6 atom stereocenters. The maximum absolute atomic E-state index is 14.4. The van der Waals surface area contributed by atoms with Gasteiger partial charge in [-0.2, -0.15) is 0 Å². The molecular weight excluding hydrogens is 452 g/mol. The van der Waals surface area contributed by atoms with Crippen LogP contribution in [-0.4, -0.2) is 80.1 Å². The Hall–Kier alpha value is -1.80. The summed E-state index contributed by atoms with van der Waals surface area (Å²) in [6, 6.07) is -1.27. The van der Waals surface area contributed by atoms with Gasteiger partial charge in [-0.05, 0) is 32.1 Å². The van der Waals surface area contributed by atoms with Crippen molar-refractivity contribution in [3.63, 3.8) is 0 Å². The molecule has 188 valence electrons. The van der Waals surface area contributed by atoms with Crippen molar-refractivity contribution in [2.75, 3.05) is 19.8 Å². The van der Waals surface area contributed by atoms with Gasteiger partial charge >= 0.3 is 5.97 Å². The quantitative estimate of drug-likeness (QED) is 0.471. The predicted octanol–water partition coefficient (Wildman–Crippen LogP) is 2.78. The van der Waals surface area contributed by atoms with E-state index in [1.807, 2.05) is 36.1 Å². The molecule has 4 heterocycles. The lowest BCUT2D eigenvalue weighted by molar-refractivity contribution is -0.152. The molecular formula is C26H38N2O5S. The molecule has 2 amide bonds. The fraction of sp³-hybridized carbons (Fsp3) is 0.731. The van der Waals surface area contributed by atoms with Gasteiger partial charge in [-0.25, -0.2) is 0 Å². The standard InChI is InChI=1S/C26H38N2O5S/c1-7-16(14-29)28-20-22(31)27(25(5,6)15-24(2,3)4)12-9-11-26(20)19(21(28)30)18-17(34-26)10-8-13-33-23(18)32/h8-11,16-20,29H,7,12-15H2,1-6H3/t16-,17+,18-,19-,20?,26-/m0/s1. The van der Waals surface area contributed by atoms with Crippen LogP contribution in [0.2, 0.25) is 0 Å². The van der Waals surface area contributed by atoms with E-state index in [-0.39, 0.29) is 41.7 Å². The van der Waals surface area contributed by atoms with Crippen LogP contribution in [0.25, 0.3) is 0 Å². The molecule has 0 bridgehead atoms. The molecule has 34 heavy (non-hydrogen) atoms. The number of hydrogen-bond donors (Lipinski definition) is 1. The fourth-order valence-electron chi connectivity index (χ4n) is 6.65. The minimum atomic E-state index is -0.876. The first kappa shape index (κ1) is 25.3. The van der Waals surface area contributed by atoms with Crippen LogP contribution in [0.1, 0.15) is 54.4 Å². The Balaban J connectivity index is 1.84. The number of esters is 1. The molecule has 0 saturated carbocycles. The highest BCUT2D eigenvalue weighted by Gasteiger charge is 2.72. The van der Waals surface area contributed by atoms with Crippen LogP contribution in [-0.2, 0) is 19.1 Å². The monoisotopic (exact) mass is 490 g/mol. The molecule has 4 rings (SSSR count). The fourth-order valence-corrected chi connectivity index (χ4v) is 8.64. The lowest BCUT2D eigenvalue weighted by Crippen LogP contribution is -2.60. The number of nitrogens with zero attached hydrogens (tertiary/aromatic N) is 2. The van der Waals surface area contributed by atoms with Crippen molar-refractivity contribution in [1.82, 2.24) is 9.80 Å². The van der Waals surface area contributed by atoms with Crippen LogP contribution in [0.5, 0.6) is 0 Å². The second-order valence-corrected chi connectivity index (χ2v) is 13.3. The number of ether oxygens (including phenoxy) is 1. The Kier molecular flexibility index (Phi) is 6.47. The predicted molar refractivity (Wildman–Crippen MR) is 132 cm³/mol. The topological polar surface area (TPSA) is 87.2 Å². The molecule has 1 unspecified atom stereocenters. The van der Waals surface area contributed by atoms with Gasteiger partial charge in [-0.15, -0.1) is 11.8 Å². The molecule has 2 fully saturated rings. The van der Waals surface area contributed by atoms with Crippen LogP contribution in [0.3, 0.4) is 0 Å². The normalized spacial score (nSPS) is 34.4. The van der Waals surface area contributed by atoms with Gasteiger partial charge in [0.15, 0.2) is 0 Å². The van der Waals surface area contributed by atoms with Crippen molar-refractivity contribution in [3.05, 3.63) is 24.3 Å². The number of thioether (sulfide) groups is 1. The smallest absolute Gasteiger partial charge is 0.311 e. The summed E-state index contributed by atoms with van der Waals surface area (Å²) in [5.74, 6) is -2.07. The minimum absolute atomic E-state index is 0.00606. The molecule has 0 radical (unpaired) electrons. The average molecular weight is 491 g/mol. The number of fused-ring (bicyclic) bond motifs is 2. The van der Waals surface area contributed by atoms with E-state index in [0.29, 0.717) is 13.0 Å². The Bertz CT molecular complexity index is 919. The van der Waals surface area contributed by atoms with Gasteiger partial charge in [0.2, 0.25) is 11.8 Å². The summed E-state index contributed by atoms with van der Waals surface area (Å²) in [6.45, 7) is 13.0. The number of carbonyl (C=O) groups is 3. The Morgan fingerprint density at radius 2 is 1.88 bits per heavy atom. The van der Waals surface area contributed by atoms with E-state index in [1.54, 1.807) is 4.90 Å². The second-order valence-electron chi connectivity index (χ2n) is 11.8. The number of amides is 2. The van der Waals surface area contributed by atoms with Gasteiger partial charge in [0.1, 0.15) is 12.6 Å². The highest BCUT2D eigenvalue weighted by molar-refractivity contribution is 8.02. The van der Waals surface area contributed by atoms with Crippen LogP contribution in [0, 0.1) is 17.3 Å². The zero-order valence-electron chi connectivity index (χ0n) is 21.1. The van der Waals surface area contributed by atoms with Crippen LogP contribution in [0.4, 0.5) is 0 Å². The Labute approximate surface area is 206 Å². The van der Waals surface area contributed by atoms with E-state index in [4.69, 9.17) is 4.74 Å². The number of likely N-dealkylation sites (tertiary alicyclic amines) is 1. The summed E-state index contributed by atoms with van der Waals surface area (Å²) in [5.41, 5.74) is -0.433. The van der Waals surface area contributed by atoms with Crippen molar-refractivity contribution < 1.29 is 24.2 Å². The van der Waals surface area contributed by atoms with Gasteiger partial charge in [0.25, 0.3) is 0 Å². The van der Waals surface area contributed by atoms with Crippen LogP contribution in [0.15, 0.2) is 24.3 Å². The third-order valence-corrected chi connectivity index (χ3v) is 9.36. The SMILES string of the molecule is CC[C@@H](CO)N1C(=O)[C@@H]2[C@H]3C(=O)OCC=C[C@H]3S[C@@]23C=CCN(C(C)(C)CC(C)(C)C)C(=O)C13. The Morgan fingerprint density at radius 1 is 1.18 bits per heavy atom. The first-order chi connectivity index (χ1) is 15.9. The van der Waals surface area contributed by atoms with Gasteiger partial charge < -0.3 is 19.6 Å². The molecule has 0 aromatic carbocycles.